The average Bonchev–Trinajstić information content (AvgIpc) is 2.49. The summed E-state index contributed by atoms with van der Waals surface area (Å²) in [6, 6.07) is 4.37. The Hall–Kier alpha value is 0.870. The van der Waals surface area contributed by atoms with Crippen LogP contribution in [0.25, 0.3) is 10.1 Å². The van der Waals surface area contributed by atoms with E-state index in [4.69, 9.17) is 0 Å². The van der Waals surface area contributed by atoms with Crippen molar-refractivity contribution in [2.75, 3.05) is 0 Å². The molecule has 0 fully saturated rings. The Morgan fingerprint density at radius 3 is 2.85 bits per heavy atom. The molecule has 0 saturated heterocycles. The lowest BCUT2D eigenvalue weighted by Crippen LogP contribution is -1.83. The molecule has 4 heteroatoms. The quantitative estimate of drug-likeness (QED) is 0.432. The molecule has 0 aliphatic carbocycles. The topological polar surface area (TPSA) is 0 Å². The highest BCUT2D eigenvalue weighted by molar-refractivity contribution is 14.1. The molecule has 1 aromatic heterocycles. The van der Waals surface area contributed by atoms with Crippen molar-refractivity contribution in [3.05, 3.63) is 31.1 Å². The van der Waals surface area contributed by atoms with Gasteiger partial charge in [-0.2, -0.15) is 0 Å². The SMILES string of the molecule is BrCc1ccc2scc(Br)c2c1I. The molecule has 0 atom stereocenters. The maximum Gasteiger partial charge on any atom is 0.0371 e. The lowest BCUT2D eigenvalue weighted by atomic mass is 10.2. The third kappa shape index (κ3) is 1.82. The molecule has 0 bridgehead atoms. The van der Waals surface area contributed by atoms with Crippen molar-refractivity contribution >= 4 is 75.9 Å². The predicted octanol–water partition coefficient (Wildman–Crippen LogP) is 5.16. The van der Waals surface area contributed by atoms with Crippen LogP contribution in [0.5, 0.6) is 0 Å². The molecular weight excluding hydrogens is 427 g/mol. The summed E-state index contributed by atoms with van der Waals surface area (Å²) in [6.07, 6.45) is 0. The molecule has 68 valence electrons. The smallest absolute Gasteiger partial charge is 0.0371 e. The maximum absolute atomic E-state index is 3.57. The maximum atomic E-state index is 3.57. The summed E-state index contributed by atoms with van der Waals surface area (Å²) >= 11 is 11.2. The Labute approximate surface area is 111 Å². The van der Waals surface area contributed by atoms with Gasteiger partial charge in [-0.3, -0.25) is 0 Å². The lowest BCUT2D eigenvalue weighted by molar-refractivity contribution is 1.43. The summed E-state index contributed by atoms with van der Waals surface area (Å²) in [5.41, 5.74) is 1.35. The van der Waals surface area contributed by atoms with Gasteiger partial charge in [-0.25, -0.2) is 0 Å². The Balaban J connectivity index is 2.83. The van der Waals surface area contributed by atoms with Gasteiger partial charge in [0.15, 0.2) is 0 Å². The van der Waals surface area contributed by atoms with Gasteiger partial charge in [0, 0.05) is 28.8 Å². The van der Waals surface area contributed by atoms with Crippen LogP contribution in [0, 0.1) is 3.57 Å². The van der Waals surface area contributed by atoms with Gasteiger partial charge >= 0.3 is 0 Å². The van der Waals surface area contributed by atoms with Crippen molar-refractivity contribution in [1.29, 1.82) is 0 Å². The molecule has 0 unspecified atom stereocenters. The minimum Gasteiger partial charge on any atom is -0.143 e. The van der Waals surface area contributed by atoms with Crippen LogP contribution < -0.4 is 0 Å². The van der Waals surface area contributed by atoms with Crippen LogP contribution in [0.2, 0.25) is 0 Å². The second-order valence-electron chi connectivity index (χ2n) is 2.63. The van der Waals surface area contributed by atoms with Crippen LogP contribution in [0.15, 0.2) is 22.0 Å². The summed E-state index contributed by atoms with van der Waals surface area (Å²) < 4.78 is 3.90. The highest BCUT2D eigenvalue weighted by Crippen LogP contribution is 2.35. The Morgan fingerprint density at radius 2 is 2.15 bits per heavy atom. The van der Waals surface area contributed by atoms with Crippen LogP contribution in [-0.4, -0.2) is 0 Å². The van der Waals surface area contributed by atoms with Crippen molar-refractivity contribution in [1.82, 2.24) is 0 Å². The van der Waals surface area contributed by atoms with Crippen molar-refractivity contribution in [2.45, 2.75) is 5.33 Å². The first-order chi connectivity index (χ1) is 6.24. The molecule has 2 rings (SSSR count). The van der Waals surface area contributed by atoms with Crippen LogP contribution >= 0.6 is 65.8 Å². The van der Waals surface area contributed by atoms with Crippen molar-refractivity contribution in [2.24, 2.45) is 0 Å². The minimum atomic E-state index is 0.920. The van der Waals surface area contributed by atoms with E-state index in [-0.39, 0.29) is 0 Å². The van der Waals surface area contributed by atoms with Gasteiger partial charge in [0.05, 0.1) is 0 Å². The van der Waals surface area contributed by atoms with Crippen molar-refractivity contribution in [3.63, 3.8) is 0 Å². The zero-order valence-corrected chi connectivity index (χ0v) is 12.6. The highest BCUT2D eigenvalue weighted by atomic mass is 127. The Bertz CT molecular complexity index is 450. The first kappa shape index (κ1) is 10.4. The fraction of sp³-hybridized carbons (Fsp3) is 0.111. The highest BCUT2D eigenvalue weighted by Gasteiger charge is 2.08. The Morgan fingerprint density at radius 1 is 1.38 bits per heavy atom. The number of thiophene rings is 1. The van der Waals surface area contributed by atoms with Gasteiger partial charge in [0.2, 0.25) is 0 Å². The normalized spacial score (nSPS) is 11.0. The van der Waals surface area contributed by atoms with E-state index in [1.807, 2.05) is 0 Å². The van der Waals surface area contributed by atoms with Crippen LogP contribution in [0.3, 0.4) is 0 Å². The van der Waals surface area contributed by atoms with Gasteiger partial charge in [0.1, 0.15) is 0 Å². The standard InChI is InChI=1S/C9H5Br2IS/c10-3-5-1-2-7-8(9(5)12)6(11)4-13-7/h1-2,4H,3H2. The molecule has 0 radical (unpaired) electrons. The third-order valence-electron chi connectivity index (χ3n) is 1.86. The lowest BCUT2D eigenvalue weighted by Gasteiger charge is -2.01. The third-order valence-corrected chi connectivity index (χ3v) is 5.57. The molecule has 13 heavy (non-hydrogen) atoms. The summed E-state index contributed by atoms with van der Waals surface area (Å²) in [5, 5.41) is 4.41. The van der Waals surface area contributed by atoms with Gasteiger partial charge in [-0.15, -0.1) is 11.3 Å². The second-order valence-corrected chi connectivity index (χ2v) is 6.03. The van der Waals surface area contributed by atoms with E-state index in [0.717, 1.165) is 5.33 Å². The van der Waals surface area contributed by atoms with Crippen LogP contribution in [0.4, 0.5) is 0 Å². The number of hydrogen-bond acceptors (Lipinski definition) is 1. The summed E-state index contributed by atoms with van der Waals surface area (Å²) in [6.45, 7) is 0. The van der Waals surface area contributed by atoms with Crippen molar-refractivity contribution in [3.8, 4) is 0 Å². The number of rotatable bonds is 1. The zero-order chi connectivity index (χ0) is 9.42. The summed E-state index contributed by atoms with van der Waals surface area (Å²) in [7, 11) is 0. The van der Waals surface area contributed by atoms with Crippen molar-refractivity contribution < 1.29 is 0 Å². The van der Waals surface area contributed by atoms with E-state index in [0.29, 0.717) is 0 Å². The molecule has 2 aromatic rings. The second kappa shape index (κ2) is 4.16. The molecule has 0 N–H and O–H groups in total. The number of hydrogen-bond donors (Lipinski definition) is 0. The van der Waals surface area contributed by atoms with E-state index in [1.54, 1.807) is 11.3 Å². The van der Waals surface area contributed by atoms with Gasteiger partial charge < -0.3 is 0 Å². The summed E-state index contributed by atoms with van der Waals surface area (Å²) in [4.78, 5) is 0. The Kier molecular flexibility index (Phi) is 3.33. The van der Waals surface area contributed by atoms with Crippen LogP contribution in [-0.2, 0) is 5.33 Å². The molecule has 1 heterocycles. The fourth-order valence-corrected chi connectivity index (χ4v) is 5.34. The molecule has 0 spiro atoms. The molecule has 0 aliphatic rings. The molecular formula is C9H5Br2IS. The van der Waals surface area contributed by atoms with Gasteiger partial charge in [-0.05, 0) is 50.2 Å². The first-order valence-electron chi connectivity index (χ1n) is 3.64. The van der Waals surface area contributed by atoms with Crippen LogP contribution in [0.1, 0.15) is 5.56 Å². The van der Waals surface area contributed by atoms with E-state index < -0.39 is 0 Å². The summed E-state index contributed by atoms with van der Waals surface area (Å²) in [5.74, 6) is 0. The average molecular weight is 432 g/mol. The minimum absolute atomic E-state index is 0.920. The number of alkyl halides is 1. The van der Waals surface area contributed by atoms with E-state index >= 15 is 0 Å². The number of benzene rings is 1. The number of halogens is 3. The molecule has 0 nitrogen and oxygen atoms in total. The number of fused-ring (bicyclic) bond motifs is 1. The molecule has 0 saturated carbocycles. The van der Waals surface area contributed by atoms with E-state index in [9.17, 15) is 0 Å². The first-order valence-corrected chi connectivity index (χ1v) is 7.51. The largest absolute Gasteiger partial charge is 0.143 e. The fourth-order valence-electron chi connectivity index (χ4n) is 1.20. The predicted molar refractivity (Wildman–Crippen MR) is 74.9 cm³/mol. The monoisotopic (exact) mass is 430 g/mol. The van der Waals surface area contributed by atoms with E-state index in [1.165, 1.54) is 23.7 Å². The zero-order valence-electron chi connectivity index (χ0n) is 6.48. The molecule has 1 aromatic carbocycles. The van der Waals surface area contributed by atoms with Gasteiger partial charge in [0.25, 0.3) is 0 Å². The van der Waals surface area contributed by atoms with Gasteiger partial charge in [-0.1, -0.05) is 22.0 Å². The molecule has 0 amide bonds. The molecule has 0 aliphatic heterocycles. The van der Waals surface area contributed by atoms with E-state index in [2.05, 4.69) is 72.0 Å².